The molecule has 0 fully saturated rings. The Morgan fingerprint density at radius 1 is 1.22 bits per heavy atom. The monoisotopic (exact) mass is 409 g/mol. The van der Waals surface area contributed by atoms with E-state index in [1.165, 1.54) is 23.1 Å². The average molecular weight is 410 g/mol. The Morgan fingerprint density at radius 2 is 1.89 bits per heavy atom. The number of halogens is 4. The SMILES string of the molecule is COC(=O)C1=C(C(=O)OC)N(c2ccc(OCC(F)(F)F)c(Cl)c2)COC1. The molecule has 11 heteroatoms. The van der Waals surface area contributed by atoms with Gasteiger partial charge in [-0.3, -0.25) is 0 Å². The van der Waals surface area contributed by atoms with E-state index in [1.807, 2.05) is 0 Å². The highest BCUT2D eigenvalue weighted by Gasteiger charge is 2.33. The van der Waals surface area contributed by atoms with Crippen molar-refractivity contribution in [2.24, 2.45) is 0 Å². The first-order valence-corrected chi connectivity index (χ1v) is 7.80. The number of anilines is 1. The summed E-state index contributed by atoms with van der Waals surface area (Å²) in [6.45, 7) is -1.79. The van der Waals surface area contributed by atoms with Gasteiger partial charge in [0.15, 0.2) is 6.61 Å². The first kappa shape index (κ1) is 20.8. The second kappa shape index (κ2) is 8.49. The molecular formula is C16H15ClF3NO6. The molecule has 27 heavy (non-hydrogen) atoms. The van der Waals surface area contributed by atoms with Crippen molar-refractivity contribution < 1.29 is 41.7 Å². The molecular weight excluding hydrogens is 395 g/mol. The normalized spacial score (nSPS) is 14.8. The highest BCUT2D eigenvalue weighted by atomic mass is 35.5. The summed E-state index contributed by atoms with van der Waals surface area (Å²) in [5.41, 5.74) is 0.0978. The van der Waals surface area contributed by atoms with Gasteiger partial charge in [0.25, 0.3) is 0 Å². The predicted octanol–water partition coefficient (Wildman–Crippen LogP) is 2.68. The summed E-state index contributed by atoms with van der Waals surface area (Å²) >= 11 is 5.98. The van der Waals surface area contributed by atoms with Gasteiger partial charge < -0.3 is 23.8 Å². The lowest BCUT2D eigenvalue weighted by molar-refractivity contribution is -0.153. The number of esters is 2. The zero-order valence-corrected chi connectivity index (χ0v) is 15.0. The van der Waals surface area contributed by atoms with Crippen LogP contribution in [0, 0.1) is 0 Å². The minimum absolute atomic E-state index is 0.0656. The lowest BCUT2D eigenvalue weighted by Gasteiger charge is -2.31. The lowest BCUT2D eigenvalue weighted by atomic mass is 10.1. The van der Waals surface area contributed by atoms with E-state index in [2.05, 4.69) is 9.47 Å². The molecule has 0 amide bonds. The largest absolute Gasteiger partial charge is 0.483 e. The van der Waals surface area contributed by atoms with Gasteiger partial charge in [-0.05, 0) is 18.2 Å². The smallest absolute Gasteiger partial charge is 0.422 e. The number of carbonyl (C=O) groups is 2. The summed E-state index contributed by atoms with van der Waals surface area (Å²) in [5.74, 6) is -1.78. The van der Waals surface area contributed by atoms with Crippen LogP contribution < -0.4 is 9.64 Å². The van der Waals surface area contributed by atoms with Crippen LogP contribution in [-0.4, -0.2) is 52.3 Å². The molecule has 0 saturated heterocycles. The van der Waals surface area contributed by atoms with Crippen LogP contribution in [-0.2, 0) is 23.8 Å². The van der Waals surface area contributed by atoms with Crippen LogP contribution in [0.3, 0.4) is 0 Å². The van der Waals surface area contributed by atoms with Crippen molar-refractivity contribution in [3.8, 4) is 5.75 Å². The first-order valence-electron chi connectivity index (χ1n) is 7.42. The highest BCUT2D eigenvalue weighted by Crippen LogP contribution is 2.34. The third kappa shape index (κ3) is 5.04. The molecule has 1 aliphatic rings. The zero-order chi connectivity index (χ0) is 20.2. The molecule has 0 bridgehead atoms. The summed E-state index contributed by atoms with van der Waals surface area (Å²) in [6.07, 6.45) is -4.51. The van der Waals surface area contributed by atoms with Crippen LogP contribution in [0.15, 0.2) is 29.5 Å². The van der Waals surface area contributed by atoms with Crippen molar-refractivity contribution in [1.82, 2.24) is 0 Å². The zero-order valence-electron chi connectivity index (χ0n) is 14.3. The number of hydrogen-bond donors (Lipinski definition) is 0. The van der Waals surface area contributed by atoms with Gasteiger partial charge in [-0.15, -0.1) is 0 Å². The van der Waals surface area contributed by atoms with E-state index in [0.29, 0.717) is 0 Å². The molecule has 1 heterocycles. The molecule has 0 atom stereocenters. The molecule has 1 aliphatic heterocycles. The Bertz CT molecular complexity index is 765. The van der Waals surface area contributed by atoms with E-state index in [4.69, 9.17) is 21.1 Å². The molecule has 0 unspecified atom stereocenters. The molecule has 7 nitrogen and oxygen atoms in total. The van der Waals surface area contributed by atoms with Gasteiger partial charge in [0.2, 0.25) is 0 Å². The van der Waals surface area contributed by atoms with Crippen LogP contribution in [0.4, 0.5) is 18.9 Å². The van der Waals surface area contributed by atoms with E-state index >= 15 is 0 Å². The van der Waals surface area contributed by atoms with E-state index in [1.54, 1.807) is 0 Å². The fourth-order valence-corrected chi connectivity index (χ4v) is 2.51. The molecule has 0 saturated carbocycles. The van der Waals surface area contributed by atoms with Gasteiger partial charge >= 0.3 is 18.1 Å². The number of alkyl halides is 3. The Hall–Kier alpha value is -2.46. The Kier molecular flexibility index (Phi) is 6.55. The summed E-state index contributed by atoms with van der Waals surface area (Å²) in [4.78, 5) is 25.4. The molecule has 1 aromatic rings. The van der Waals surface area contributed by atoms with Gasteiger partial charge in [-0.1, -0.05) is 11.6 Å². The van der Waals surface area contributed by atoms with Crippen LogP contribution in [0.5, 0.6) is 5.75 Å². The van der Waals surface area contributed by atoms with Crippen LogP contribution in [0.25, 0.3) is 0 Å². The Balaban J connectivity index is 2.38. The first-order chi connectivity index (χ1) is 12.7. The molecule has 1 aromatic carbocycles. The van der Waals surface area contributed by atoms with E-state index in [9.17, 15) is 22.8 Å². The standard InChI is InChI=1S/C16H15ClF3NO6/c1-24-14(22)10-6-26-8-21(13(10)15(23)25-2)9-3-4-12(11(17)5-9)27-7-16(18,19)20/h3-5H,6-8H2,1-2H3. The predicted molar refractivity (Wildman–Crippen MR) is 87.4 cm³/mol. The fourth-order valence-electron chi connectivity index (χ4n) is 2.28. The quantitative estimate of drug-likeness (QED) is 0.692. The number of hydrogen-bond acceptors (Lipinski definition) is 7. The summed E-state index contributed by atoms with van der Waals surface area (Å²) in [5, 5.41) is -0.119. The molecule has 0 aromatic heterocycles. The third-order valence-corrected chi connectivity index (χ3v) is 3.75. The molecule has 0 aliphatic carbocycles. The van der Waals surface area contributed by atoms with Crippen molar-refractivity contribution in [3.05, 3.63) is 34.5 Å². The number of ether oxygens (including phenoxy) is 4. The molecule has 2 rings (SSSR count). The summed E-state index contributed by atoms with van der Waals surface area (Å²) in [6, 6.07) is 3.86. The maximum atomic E-state index is 12.3. The molecule has 0 radical (unpaired) electrons. The molecule has 0 spiro atoms. The number of benzene rings is 1. The van der Waals surface area contributed by atoms with Crippen LogP contribution >= 0.6 is 11.6 Å². The second-order valence-corrected chi connectivity index (χ2v) is 5.64. The van der Waals surface area contributed by atoms with E-state index in [-0.39, 0.29) is 41.1 Å². The van der Waals surface area contributed by atoms with Crippen molar-refractivity contribution >= 4 is 29.2 Å². The average Bonchev–Trinajstić information content (AvgIpc) is 2.64. The minimum atomic E-state index is -4.51. The maximum Gasteiger partial charge on any atom is 0.422 e. The minimum Gasteiger partial charge on any atom is -0.483 e. The Morgan fingerprint density at radius 3 is 2.44 bits per heavy atom. The van der Waals surface area contributed by atoms with Gasteiger partial charge in [-0.2, -0.15) is 13.2 Å². The van der Waals surface area contributed by atoms with Gasteiger partial charge in [0, 0.05) is 5.69 Å². The van der Waals surface area contributed by atoms with E-state index < -0.39 is 24.7 Å². The maximum absolute atomic E-state index is 12.3. The number of methoxy groups -OCH3 is 2. The Labute approximate surface area is 157 Å². The molecule has 0 N–H and O–H groups in total. The van der Waals surface area contributed by atoms with Crippen molar-refractivity contribution in [2.45, 2.75) is 6.18 Å². The van der Waals surface area contributed by atoms with Crippen LogP contribution in [0.1, 0.15) is 0 Å². The summed E-state index contributed by atoms with van der Waals surface area (Å²) in [7, 11) is 2.28. The lowest BCUT2D eigenvalue weighted by Crippen LogP contribution is -2.38. The third-order valence-electron chi connectivity index (χ3n) is 3.45. The van der Waals surface area contributed by atoms with E-state index in [0.717, 1.165) is 14.2 Å². The van der Waals surface area contributed by atoms with Crippen molar-refractivity contribution in [1.29, 1.82) is 0 Å². The van der Waals surface area contributed by atoms with Crippen molar-refractivity contribution in [2.75, 3.05) is 39.1 Å². The summed E-state index contributed by atoms with van der Waals surface area (Å²) < 4.78 is 56.1. The van der Waals surface area contributed by atoms with Gasteiger partial charge in [-0.25, -0.2) is 9.59 Å². The van der Waals surface area contributed by atoms with Crippen molar-refractivity contribution in [3.63, 3.8) is 0 Å². The topological polar surface area (TPSA) is 74.3 Å². The van der Waals surface area contributed by atoms with Gasteiger partial charge in [0.1, 0.15) is 18.2 Å². The second-order valence-electron chi connectivity index (χ2n) is 5.23. The highest BCUT2D eigenvalue weighted by molar-refractivity contribution is 6.32. The van der Waals surface area contributed by atoms with Gasteiger partial charge in [0.05, 0.1) is 31.4 Å². The molecule has 148 valence electrons. The number of nitrogens with zero attached hydrogens (tertiary/aromatic N) is 1. The van der Waals surface area contributed by atoms with Crippen LogP contribution in [0.2, 0.25) is 5.02 Å². The number of carbonyl (C=O) groups excluding carboxylic acids is 2. The fraction of sp³-hybridized carbons (Fsp3) is 0.375. The number of rotatable bonds is 5.